The third-order valence-corrected chi connectivity index (χ3v) is 3.44. The van der Waals surface area contributed by atoms with Crippen molar-refractivity contribution in [1.82, 2.24) is 5.32 Å². The molecule has 0 saturated carbocycles. The first-order chi connectivity index (χ1) is 10.0. The Morgan fingerprint density at radius 1 is 1.29 bits per heavy atom. The van der Waals surface area contributed by atoms with Crippen LogP contribution >= 0.6 is 11.6 Å². The van der Waals surface area contributed by atoms with Crippen molar-refractivity contribution in [3.05, 3.63) is 64.4 Å². The molecular weight excluding hydrogens is 293 g/mol. The molecule has 2 aromatic carbocycles. The van der Waals surface area contributed by atoms with Gasteiger partial charge in [0, 0.05) is 5.56 Å². The van der Waals surface area contributed by atoms with Gasteiger partial charge in [-0.05, 0) is 31.2 Å². The van der Waals surface area contributed by atoms with Crippen LogP contribution in [-0.4, -0.2) is 13.0 Å². The van der Waals surface area contributed by atoms with Crippen molar-refractivity contribution in [1.29, 1.82) is 0 Å². The van der Waals surface area contributed by atoms with Crippen LogP contribution in [-0.2, 0) is 0 Å². The molecular formula is C16H15ClFNO2. The largest absolute Gasteiger partial charge is 0.496 e. The van der Waals surface area contributed by atoms with Crippen LogP contribution in [0.25, 0.3) is 0 Å². The highest BCUT2D eigenvalue weighted by molar-refractivity contribution is 6.33. The Balaban J connectivity index is 2.19. The third-order valence-electron chi connectivity index (χ3n) is 3.13. The molecule has 1 N–H and O–H groups in total. The van der Waals surface area contributed by atoms with Gasteiger partial charge in [0.2, 0.25) is 0 Å². The van der Waals surface area contributed by atoms with Gasteiger partial charge in [0.25, 0.3) is 5.91 Å². The Bertz CT molecular complexity index is 660. The first-order valence-electron chi connectivity index (χ1n) is 6.41. The summed E-state index contributed by atoms with van der Waals surface area (Å²) in [5.41, 5.74) is 1.09. The molecule has 0 bridgehead atoms. The summed E-state index contributed by atoms with van der Waals surface area (Å²) in [5, 5.41) is 2.90. The summed E-state index contributed by atoms with van der Waals surface area (Å²) >= 11 is 5.89. The zero-order chi connectivity index (χ0) is 15.4. The highest BCUT2D eigenvalue weighted by Crippen LogP contribution is 2.25. The second-order valence-electron chi connectivity index (χ2n) is 4.56. The molecule has 21 heavy (non-hydrogen) atoms. The molecule has 0 unspecified atom stereocenters. The lowest BCUT2D eigenvalue weighted by Gasteiger charge is -2.17. The molecule has 0 saturated heterocycles. The number of halogens is 2. The molecule has 0 radical (unpaired) electrons. The Morgan fingerprint density at radius 3 is 2.67 bits per heavy atom. The van der Waals surface area contributed by atoms with E-state index < -0.39 is 5.82 Å². The highest BCUT2D eigenvalue weighted by atomic mass is 35.5. The molecule has 0 aromatic heterocycles. The number of rotatable bonds is 4. The van der Waals surface area contributed by atoms with Crippen LogP contribution in [0.1, 0.15) is 28.9 Å². The van der Waals surface area contributed by atoms with Gasteiger partial charge in [-0.25, -0.2) is 4.39 Å². The van der Waals surface area contributed by atoms with Crippen LogP contribution in [0, 0.1) is 5.82 Å². The second kappa shape index (κ2) is 6.59. The van der Waals surface area contributed by atoms with Crippen molar-refractivity contribution in [2.45, 2.75) is 13.0 Å². The average Bonchev–Trinajstić information content (AvgIpc) is 2.46. The van der Waals surface area contributed by atoms with Gasteiger partial charge in [-0.2, -0.15) is 0 Å². The number of para-hydroxylation sites is 1. The summed E-state index contributed by atoms with van der Waals surface area (Å²) in [5.74, 6) is -0.150. The highest BCUT2D eigenvalue weighted by Gasteiger charge is 2.16. The van der Waals surface area contributed by atoms with Crippen molar-refractivity contribution in [3.63, 3.8) is 0 Å². The van der Waals surface area contributed by atoms with E-state index in [1.54, 1.807) is 7.11 Å². The van der Waals surface area contributed by atoms with Crippen LogP contribution in [0.3, 0.4) is 0 Å². The summed E-state index contributed by atoms with van der Waals surface area (Å²) in [4.78, 5) is 12.2. The molecule has 5 heteroatoms. The van der Waals surface area contributed by atoms with Gasteiger partial charge in [-0.1, -0.05) is 29.8 Å². The van der Waals surface area contributed by atoms with Crippen LogP contribution in [0.4, 0.5) is 4.39 Å². The molecule has 0 aliphatic rings. The van der Waals surface area contributed by atoms with Crippen LogP contribution in [0.5, 0.6) is 5.75 Å². The van der Waals surface area contributed by atoms with Crippen LogP contribution in [0.2, 0.25) is 5.02 Å². The number of hydrogen-bond acceptors (Lipinski definition) is 2. The minimum atomic E-state index is -0.477. The van der Waals surface area contributed by atoms with Crippen molar-refractivity contribution in [2.75, 3.05) is 7.11 Å². The van der Waals surface area contributed by atoms with E-state index in [1.165, 1.54) is 12.1 Å². The number of carbonyl (C=O) groups excluding carboxylic acids is 1. The van der Waals surface area contributed by atoms with E-state index in [9.17, 15) is 9.18 Å². The fourth-order valence-corrected chi connectivity index (χ4v) is 2.30. The van der Waals surface area contributed by atoms with Crippen molar-refractivity contribution in [2.24, 2.45) is 0 Å². The van der Waals surface area contributed by atoms with Gasteiger partial charge >= 0.3 is 0 Å². The van der Waals surface area contributed by atoms with Crippen molar-refractivity contribution < 1.29 is 13.9 Å². The first-order valence-corrected chi connectivity index (χ1v) is 6.79. The summed E-state index contributed by atoms with van der Waals surface area (Å²) in [6.45, 7) is 1.84. The molecule has 2 aromatic rings. The van der Waals surface area contributed by atoms with Gasteiger partial charge in [0.15, 0.2) is 0 Å². The molecule has 0 fully saturated rings. The second-order valence-corrected chi connectivity index (χ2v) is 4.97. The molecule has 3 nitrogen and oxygen atoms in total. The Labute approximate surface area is 127 Å². The van der Waals surface area contributed by atoms with Gasteiger partial charge in [0.05, 0.1) is 23.7 Å². The number of nitrogens with one attached hydrogen (secondary N) is 1. The Kier molecular flexibility index (Phi) is 4.81. The lowest BCUT2D eigenvalue weighted by Crippen LogP contribution is -2.27. The summed E-state index contributed by atoms with van der Waals surface area (Å²) in [6.07, 6.45) is 0. The standard InChI is InChI=1S/C16H15ClFNO2/c1-10(12-5-3-4-6-15(12)21-2)19-16(20)13-8-7-11(18)9-14(13)17/h3-10H,1-2H3,(H,19,20)/t10-/m1/s1. The van der Waals surface area contributed by atoms with E-state index in [2.05, 4.69) is 5.32 Å². The van der Waals surface area contributed by atoms with Crippen molar-refractivity contribution in [3.8, 4) is 5.75 Å². The zero-order valence-corrected chi connectivity index (χ0v) is 12.4. The fourth-order valence-electron chi connectivity index (χ4n) is 2.05. The van der Waals surface area contributed by atoms with Gasteiger partial charge in [0.1, 0.15) is 11.6 Å². The number of hydrogen-bond donors (Lipinski definition) is 1. The maximum atomic E-state index is 13.0. The van der Waals surface area contributed by atoms with Gasteiger partial charge in [-0.3, -0.25) is 4.79 Å². The normalized spacial score (nSPS) is 11.8. The number of methoxy groups -OCH3 is 1. The molecule has 0 aliphatic carbocycles. The lowest BCUT2D eigenvalue weighted by atomic mass is 10.1. The van der Waals surface area contributed by atoms with E-state index in [0.717, 1.165) is 11.6 Å². The summed E-state index contributed by atoms with van der Waals surface area (Å²) in [7, 11) is 1.57. The predicted molar refractivity (Wildman–Crippen MR) is 80.3 cm³/mol. The number of amides is 1. The Morgan fingerprint density at radius 2 is 2.00 bits per heavy atom. The van der Waals surface area contributed by atoms with E-state index >= 15 is 0 Å². The quantitative estimate of drug-likeness (QED) is 0.928. The minimum Gasteiger partial charge on any atom is -0.496 e. The number of carbonyl (C=O) groups is 1. The summed E-state index contributed by atoms with van der Waals surface area (Å²) < 4.78 is 18.3. The van der Waals surface area contributed by atoms with Crippen LogP contribution < -0.4 is 10.1 Å². The molecule has 0 heterocycles. The van der Waals surface area contributed by atoms with Crippen LogP contribution in [0.15, 0.2) is 42.5 Å². The minimum absolute atomic E-state index is 0.0831. The smallest absolute Gasteiger partial charge is 0.253 e. The first kappa shape index (κ1) is 15.3. The van der Waals surface area contributed by atoms with Gasteiger partial charge in [-0.15, -0.1) is 0 Å². The molecule has 1 atom stereocenters. The summed E-state index contributed by atoms with van der Waals surface area (Å²) in [6, 6.07) is 10.8. The average molecular weight is 308 g/mol. The fraction of sp³-hybridized carbons (Fsp3) is 0.188. The van der Waals surface area contributed by atoms with E-state index in [4.69, 9.17) is 16.3 Å². The van der Waals surface area contributed by atoms with E-state index in [-0.39, 0.29) is 22.5 Å². The predicted octanol–water partition coefficient (Wildman–Crippen LogP) is 3.98. The Hall–Kier alpha value is -2.07. The topological polar surface area (TPSA) is 38.3 Å². The molecule has 110 valence electrons. The van der Waals surface area contributed by atoms with Gasteiger partial charge < -0.3 is 10.1 Å². The molecule has 0 aliphatic heterocycles. The third kappa shape index (κ3) is 3.52. The van der Waals surface area contributed by atoms with Crippen molar-refractivity contribution >= 4 is 17.5 Å². The molecule has 0 spiro atoms. The number of ether oxygens (including phenoxy) is 1. The molecule has 1 amide bonds. The maximum Gasteiger partial charge on any atom is 0.253 e. The maximum absolute atomic E-state index is 13.0. The SMILES string of the molecule is COc1ccccc1[C@@H](C)NC(=O)c1ccc(F)cc1Cl. The van der Waals surface area contributed by atoms with E-state index in [1.807, 2.05) is 31.2 Å². The monoisotopic (exact) mass is 307 g/mol. The van der Waals surface area contributed by atoms with E-state index in [0.29, 0.717) is 5.75 Å². The molecule has 2 rings (SSSR count). The zero-order valence-electron chi connectivity index (χ0n) is 11.7. The lowest BCUT2D eigenvalue weighted by molar-refractivity contribution is 0.0939. The number of benzene rings is 2.